The Hall–Kier alpha value is -6.99. The fourth-order valence-corrected chi connectivity index (χ4v) is 7.83. The molecular weight excluding hydrogens is 794 g/mol. The molecule has 0 saturated carbocycles. The number of Topliss-reactive ketones (excluding diaryl/α,β-unsaturated/α-hetero) is 2. The normalized spacial score (nSPS) is 12.1. The Balaban J connectivity index is 1.42. The maximum absolute atomic E-state index is 14.3. The second-order valence-electron chi connectivity index (χ2n) is 15.1. The van der Waals surface area contributed by atoms with Crippen LogP contribution in [0, 0.1) is 41.0 Å². The zero-order chi connectivity index (χ0) is 43.4. The third-order valence-electron chi connectivity index (χ3n) is 10.8. The molecule has 61 heavy (non-hydrogen) atoms. The SMILES string of the molecule is CCCCCCCCn1c2ccc(/C=C(/C(=O)c3ccc(C)cc3)n3c([N+](=O)[O-])cnc3C)cc2c2cc(/C=C(/C(=O)c3ccc(Cl)cc3)n3c([N+](=O)[O-])cnc3C)ccc21. The number of aryl methyl sites for hydroxylation is 4. The van der Waals surface area contributed by atoms with Gasteiger partial charge < -0.3 is 24.8 Å². The van der Waals surface area contributed by atoms with E-state index in [4.69, 9.17) is 11.6 Å². The summed E-state index contributed by atoms with van der Waals surface area (Å²) in [6.45, 7) is 8.06. The first-order chi connectivity index (χ1) is 29.4. The lowest BCUT2D eigenvalue weighted by molar-refractivity contribution is -0.391. The van der Waals surface area contributed by atoms with Crippen molar-refractivity contribution in [3.05, 3.63) is 162 Å². The van der Waals surface area contributed by atoms with Gasteiger partial charge in [-0.15, -0.1) is 0 Å². The number of benzene rings is 4. The zero-order valence-electron chi connectivity index (χ0n) is 34.3. The molecule has 14 heteroatoms. The molecule has 0 aliphatic heterocycles. The largest absolute Gasteiger partial charge is 0.358 e. The van der Waals surface area contributed by atoms with E-state index in [0.29, 0.717) is 21.7 Å². The molecule has 0 bridgehead atoms. The third-order valence-corrected chi connectivity index (χ3v) is 11.1. The summed E-state index contributed by atoms with van der Waals surface area (Å²) in [5, 5.41) is 26.5. The molecule has 310 valence electrons. The monoisotopic (exact) mass is 837 g/mol. The number of carbonyl (C=O) groups is 2. The summed E-state index contributed by atoms with van der Waals surface area (Å²) >= 11 is 6.14. The van der Waals surface area contributed by atoms with Crippen LogP contribution in [0.4, 0.5) is 11.6 Å². The zero-order valence-corrected chi connectivity index (χ0v) is 35.1. The van der Waals surface area contributed by atoms with Crippen molar-refractivity contribution in [3.8, 4) is 0 Å². The molecule has 0 fully saturated rings. The van der Waals surface area contributed by atoms with E-state index >= 15 is 0 Å². The van der Waals surface area contributed by atoms with Crippen molar-refractivity contribution in [1.29, 1.82) is 0 Å². The minimum atomic E-state index is -0.575. The van der Waals surface area contributed by atoms with Gasteiger partial charge in [-0.05, 0) is 95.0 Å². The quantitative estimate of drug-likeness (QED) is 0.0288. The van der Waals surface area contributed by atoms with Crippen molar-refractivity contribution in [2.24, 2.45) is 0 Å². The number of nitro groups is 2. The first-order valence-corrected chi connectivity index (χ1v) is 20.5. The van der Waals surface area contributed by atoms with Gasteiger partial charge in [-0.25, -0.2) is 9.97 Å². The number of imidazole rings is 2. The lowest BCUT2D eigenvalue weighted by Crippen LogP contribution is -2.13. The Labute approximate surface area is 356 Å². The van der Waals surface area contributed by atoms with E-state index in [1.165, 1.54) is 22.0 Å². The molecule has 0 unspecified atom stereocenters. The number of ketones is 2. The van der Waals surface area contributed by atoms with E-state index in [9.17, 15) is 29.8 Å². The molecule has 0 radical (unpaired) electrons. The Morgan fingerprint density at radius 3 is 1.54 bits per heavy atom. The molecule has 0 saturated heterocycles. The lowest BCUT2D eigenvalue weighted by Gasteiger charge is -2.09. The van der Waals surface area contributed by atoms with Crippen LogP contribution >= 0.6 is 11.6 Å². The third kappa shape index (κ3) is 8.83. The average Bonchev–Trinajstić information content (AvgIpc) is 3.92. The molecule has 7 rings (SSSR count). The Morgan fingerprint density at radius 2 is 1.08 bits per heavy atom. The number of aromatic nitrogens is 5. The number of carbonyl (C=O) groups excluding carboxylic acids is 2. The summed E-state index contributed by atoms with van der Waals surface area (Å²) in [4.78, 5) is 60.1. The summed E-state index contributed by atoms with van der Waals surface area (Å²) in [6, 6.07) is 25.0. The number of nitrogens with zero attached hydrogens (tertiary/aromatic N) is 7. The molecular formula is C47H44ClN7O6. The van der Waals surface area contributed by atoms with Gasteiger partial charge in [-0.3, -0.25) is 9.59 Å². The van der Waals surface area contributed by atoms with E-state index in [0.717, 1.165) is 72.0 Å². The molecule has 0 aliphatic rings. The minimum Gasteiger partial charge on any atom is -0.358 e. The van der Waals surface area contributed by atoms with Crippen molar-refractivity contribution < 1.29 is 19.4 Å². The van der Waals surface area contributed by atoms with Gasteiger partial charge in [0, 0.05) is 58.3 Å². The van der Waals surface area contributed by atoms with Crippen molar-refractivity contribution in [2.45, 2.75) is 72.8 Å². The van der Waals surface area contributed by atoms with Gasteiger partial charge in [0.1, 0.15) is 12.4 Å². The highest BCUT2D eigenvalue weighted by Gasteiger charge is 2.29. The maximum Gasteiger partial charge on any atom is 0.348 e. The van der Waals surface area contributed by atoms with Crippen molar-refractivity contribution in [3.63, 3.8) is 0 Å². The fourth-order valence-electron chi connectivity index (χ4n) is 7.71. The Kier molecular flexibility index (Phi) is 12.5. The second kappa shape index (κ2) is 18.1. The van der Waals surface area contributed by atoms with Crippen LogP contribution in [0.25, 0.3) is 45.4 Å². The first-order valence-electron chi connectivity index (χ1n) is 20.2. The van der Waals surface area contributed by atoms with E-state index in [-0.39, 0.29) is 40.2 Å². The van der Waals surface area contributed by atoms with E-state index < -0.39 is 21.4 Å². The van der Waals surface area contributed by atoms with E-state index in [2.05, 4.69) is 21.5 Å². The van der Waals surface area contributed by atoms with Crippen molar-refractivity contribution in [1.82, 2.24) is 23.7 Å². The summed E-state index contributed by atoms with van der Waals surface area (Å²) in [5.41, 5.74) is 4.81. The average molecular weight is 838 g/mol. The number of halogens is 1. The van der Waals surface area contributed by atoms with Crippen LogP contribution in [-0.2, 0) is 6.54 Å². The fraction of sp³-hybridized carbons (Fsp3) is 0.234. The predicted molar refractivity (Wildman–Crippen MR) is 240 cm³/mol. The van der Waals surface area contributed by atoms with Crippen molar-refractivity contribution in [2.75, 3.05) is 0 Å². The molecule has 0 amide bonds. The molecule has 3 aromatic heterocycles. The van der Waals surface area contributed by atoms with E-state index in [1.54, 1.807) is 62.4 Å². The first kappa shape index (κ1) is 42.1. The molecule has 0 spiro atoms. The minimum absolute atomic E-state index is 0.0272. The summed E-state index contributed by atoms with van der Waals surface area (Å²) in [6.07, 6.45) is 12.2. The Bertz CT molecular complexity index is 2700. The van der Waals surface area contributed by atoms with Crippen LogP contribution in [0.15, 0.2) is 97.3 Å². The van der Waals surface area contributed by atoms with Crippen LogP contribution in [0.2, 0.25) is 5.02 Å². The van der Waals surface area contributed by atoms with Gasteiger partial charge in [-0.2, -0.15) is 9.13 Å². The molecule has 3 heterocycles. The van der Waals surface area contributed by atoms with Crippen LogP contribution in [0.1, 0.15) is 94.5 Å². The number of hydrogen-bond donors (Lipinski definition) is 0. The highest BCUT2D eigenvalue weighted by atomic mass is 35.5. The molecule has 7 aromatic rings. The molecule has 13 nitrogen and oxygen atoms in total. The molecule has 0 aliphatic carbocycles. The maximum atomic E-state index is 14.3. The standard InChI is InChI=1S/C47H44ClN7O6/c1-5-6-7-8-9-10-23-51-40-21-13-33(26-42(46(56)35-15-11-30(2)12-16-35)52-31(3)49-28-44(52)54(58)59)24-38(40)39-25-34(14-22-41(39)51)27-43(47(57)36-17-19-37(48)20-18-36)53-32(4)50-29-45(53)55(60)61/h11-22,24-29H,5-10,23H2,1-4H3/b42-26-,43-27-. The number of unbranched alkanes of at least 4 members (excludes halogenated alkanes) is 5. The topological polar surface area (TPSA) is 161 Å². The molecule has 0 N–H and O–H groups in total. The van der Waals surface area contributed by atoms with Gasteiger partial charge >= 0.3 is 11.6 Å². The highest BCUT2D eigenvalue weighted by molar-refractivity contribution is 6.32. The van der Waals surface area contributed by atoms with Crippen LogP contribution in [0.3, 0.4) is 0 Å². The summed E-state index contributed by atoms with van der Waals surface area (Å²) < 4.78 is 4.78. The van der Waals surface area contributed by atoms with Gasteiger partial charge in [0.2, 0.25) is 11.6 Å². The van der Waals surface area contributed by atoms with Gasteiger partial charge in [0.25, 0.3) is 0 Å². The van der Waals surface area contributed by atoms with Crippen molar-refractivity contribution >= 4 is 80.2 Å². The number of hydrogen-bond acceptors (Lipinski definition) is 8. The Morgan fingerprint density at radius 1 is 0.639 bits per heavy atom. The van der Waals surface area contributed by atoms with Crippen LogP contribution in [0.5, 0.6) is 0 Å². The number of allylic oxidation sites excluding steroid dienone is 2. The molecule has 4 aromatic carbocycles. The van der Waals surface area contributed by atoms with Gasteiger partial charge in [-0.1, -0.05) is 92.6 Å². The highest BCUT2D eigenvalue weighted by Crippen LogP contribution is 2.35. The number of rotatable bonds is 17. The molecule has 0 atom stereocenters. The number of fused-ring (bicyclic) bond motifs is 3. The summed E-state index contributed by atoms with van der Waals surface area (Å²) in [5.74, 6) is -1.03. The predicted octanol–water partition coefficient (Wildman–Crippen LogP) is 11.7. The lowest BCUT2D eigenvalue weighted by atomic mass is 10.0. The van der Waals surface area contributed by atoms with Crippen LogP contribution < -0.4 is 0 Å². The van der Waals surface area contributed by atoms with Gasteiger partial charge in [0.05, 0.1) is 0 Å². The second-order valence-corrected chi connectivity index (χ2v) is 15.5. The van der Waals surface area contributed by atoms with Gasteiger partial charge in [0.15, 0.2) is 23.0 Å². The van der Waals surface area contributed by atoms with Crippen LogP contribution in [-0.4, -0.2) is 45.1 Å². The smallest absolute Gasteiger partial charge is 0.348 e. The van der Waals surface area contributed by atoms with E-state index in [1.807, 2.05) is 55.5 Å². The summed E-state index contributed by atoms with van der Waals surface area (Å²) in [7, 11) is 0.